The number of likely N-dealkylation sites (tertiary alicyclic amines) is 2. The molecule has 6 nitrogen and oxygen atoms in total. The molecule has 0 unspecified atom stereocenters. The normalized spacial score (nSPS) is 23.0. The highest BCUT2D eigenvalue weighted by Crippen LogP contribution is 2.44. The van der Waals surface area contributed by atoms with Gasteiger partial charge in [0.2, 0.25) is 0 Å². The van der Waals surface area contributed by atoms with Gasteiger partial charge in [-0.15, -0.1) is 0 Å². The molecule has 144 valence electrons. The highest BCUT2D eigenvalue weighted by atomic mass is 32.1. The second-order valence-corrected chi connectivity index (χ2v) is 8.66. The van der Waals surface area contributed by atoms with Crippen LogP contribution >= 0.6 is 11.3 Å². The zero-order valence-corrected chi connectivity index (χ0v) is 16.8. The van der Waals surface area contributed by atoms with Gasteiger partial charge in [-0.3, -0.25) is 4.79 Å². The molecule has 3 amide bonds. The summed E-state index contributed by atoms with van der Waals surface area (Å²) in [6.45, 7) is 3.41. The lowest BCUT2D eigenvalue weighted by molar-refractivity contribution is -0.0179. The second-order valence-electron chi connectivity index (χ2n) is 7.88. The fourth-order valence-corrected chi connectivity index (χ4v) is 5.00. The van der Waals surface area contributed by atoms with Gasteiger partial charge in [0.05, 0.1) is 11.6 Å². The molecule has 3 heterocycles. The predicted molar refractivity (Wildman–Crippen MR) is 105 cm³/mol. The summed E-state index contributed by atoms with van der Waals surface area (Å²) in [7, 11) is 5.65. The number of rotatable bonds is 3. The van der Waals surface area contributed by atoms with Crippen molar-refractivity contribution < 1.29 is 9.59 Å². The summed E-state index contributed by atoms with van der Waals surface area (Å²) in [6, 6.07) is 1.86. The van der Waals surface area contributed by atoms with Crippen LogP contribution in [0.3, 0.4) is 0 Å². The molecule has 0 radical (unpaired) electrons. The van der Waals surface area contributed by atoms with Crippen molar-refractivity contribution in [1.29, 1.82) is 0 Å². The van der Waals surface area contributed by atoms with E-state index in [4.69, 9.17) is 0 Å². The van der Waals surface area contributed by atoms with Crippen LogP contribution in [0.25, 0.3) is 0 Å². The van der Waals surface area contributed by atoms with E-state index in [1.807, 2.05) is 21.7 Å². The first kappa shape index (κ1) is 19.2. The smallest absolute Gasteiger partial charge is 0.316 e. The molecular weight excluding hydrogens is 348 g/mol. The molecule has 2 saturated heterocycles. The van der Waals surface area contributed by atoms with E-state index < -0.39 is 0 Å². The zero-order valence-electron chi connectivity index (χ0n) is 16.0. The van der Waals surface area contributed by atoms with Crippen LogP contribution in [0.15, 0.2) is 16.8 Å². The lowest BCUT2D eigenvalue weighted by atomic mass is 9.66. The molecule has 26 heavy (non-hydrogen) atoms. The summed E-state index contributed by atoms with van der Waals surface area (Å²) in [4.78, 5) is 31.2. The maximum atomic E-state index is 13.1. The van der Waals surface area contributed by atoms with Crippen molar-refractivity contribution in [2.24, 2.45) is 5.41 Å². The lowest BCUT2D eigenvalue weighted by Crippen LogP contribution is -2.61. The van der Waals surface area contributed by atoms with Gasteiger partial charge in [0, 0.05) is 32.6 Å². The van der Waals surface area contributed by atoms with Gasteiger partial charge in [-0.05, 0) is 62.7 Å². The molecule has 0 aliphatic carbocycles. The lowest BCUT2D eigenvalue weighted by Gasteiger charge is -2.53. The van der Waals surface area contributed by atoms with Crippen LogP contribution in [0, 0.1) is 5.41 Å². The second kappa shape index (κ2) is 7.96. The number of nitrogens with one attached hydrogen (secondary N) is 1. The molecule has 0 aromatic carbocycles. The molecule has 1 spiro atoms. The number of urea groups is 1. The van der Waals surface area contributed by atoms with Gasteiger partial charge in [-0.2, -0.15) is 11.3 Å². The molecule has 1 aromatic heterocycles. The monoisotopic (exact) mass is 378 g/mol. The van der Waals surface area contributed by atoms with Gasteiger partial charge >= 0.3 is 6.03 Å². The van der Waals surface area contributed by atoms with Gasteiger partial charge in [-0.25, -0.2) is 4.79 Å². The minimum Gasteiger partial charge on any atom is -0.336 e. The zero-order chi connectivity index (χ0) is 18.7. The average molecular weight is 379 g/mol. The molecule has 2 fully saturated rings. The summed E-state index contributed by atoms with van der Waals surface area (Å²) in [6.07, 6.45) is 4.34. The van der Waals surface area contributed by atoms with Crippen LogP contribution in [0.2, 0.25) is 0 Å². The Morgan fingerprint density at radius 2 is 2.00 bits per heavy atom. The van der Waals surface area contributed by atoms with Crippen molar-refractivity contribution in [1.82, 2.24) is 20.0 Å². The fraction of sp³-hybridized carbons (Fsp3) is 0.684. The SMILES string of the molecule is CN1CCC2(CCCN(C(=O)c3ccsc3)[C@H]2CNC(=O)N(C)C)CC1. The Balaban J connectivity index is 1.83. The number of piperidine rings is 2. The molecule has 0 bridgehead atoms. The van der Waals surface area contributed by atoms with E-state index >= 15 is 0 Å². The van der Waals surface area contributed by atoms with Gasteiger partial charge in [0.15, 0.2) is 0 Å². The molecule has 7 heteroatoms. The molecule has 1 aromatic rings. The third-order valence-corrected chi connectivity index (χ3v) is 6.70. The summed E-state index contributed by atoms with van der Waals surface area (Å²) in [5.41, 5.74) is 0.875. The van der Waals surface area contributed by atoms with Crippen LogP contribution in [-0.4, -0.2) is 80.0 Å². The highest BCUT2D eigenvalue weighted by Gasteiger charge is 2.47. The molecular formula is C19H30N4O2S. The summed E-state index contributed by atoms with van der Waals surface area (Å²) >= 11 is 1.55. The summed E-state index contributed by atoms with van der Waals surface area (Å²) in [5.74, 6) is 0.105. The molecule has 2 aliphatic rings. The molecule has 3 rings (SSSR count). The van der Waals surface area contributed by atoms with Gasteiger partial charge in [-0.1, -0.05) is 0 Å². The standard InChI is InChI=1S/C19H30N4O2S/c1-21(2)18(25)20-13-16-19(7-10-22(3)11-8-19)6-4-9-23(16)17(24)15-5-12-26-14-15/h5,12,14,16H,4,6-11,13H2,1-3H3,(H,20,25)/t16-/m0/s1. The number of amides is 3. The van der Waals surface area contributed by atoms with Crippen LogP contribution < -0.4 is 5.32 Å². The van der Waals surface area contributed by atoms with Crippen molar-refractivity contribution in [3.05, 3.63) is 22.4 Å². The minimum atomic E-state index is -0.0958. The Morgan fingerprint density at radius 3 is 2.62 bits per heavy atom. The quantitative estimate of drug-likeness (QED) is 0.878. The van der Waals surface area contributed by atoms with E-state index in [0.29, 0.717) is 6.54 Å². The Kier molecular flexibility index (Phi) is 5.87. The Morgan fingerprint density at radius 1 is 1.27 bits per heavy atom. The van der Waals surface area contributed by atoms with Crippen LogP contribution in [0.4, 0.5) is 4.79 Å². The number of carbonyl (C=O) groups is 2. The number of hydrogen-bond acceptors (Lipinski definition) is 4. The number of nitrogens with zero attached hydrogens (tertiary/aromatic N) is 3. The van der Waals surface area contributed by atoms with Gasteiger partial charge in [0.1, 0.15) is 0 Å². The highest BCUT2D eigenvalue weighted by molar-refractivity contribution is 7.08. The molecule has 0 saturated carbocycles. The topological polar surface area (TPSA) is 55.9 Å². The van der Waals surface area contributed by atoms with Gasteiger partial charge < -0.3 is 20.0 Å². The summed E-state index contributed by atoms with van der Waals surface area (Å²) < 4.78 is 0. The number of carbonyl (C=O) groups excluding carboxylic acids is 2. The molecule has 1 atom stereocenters. The first-order valence-corrected chi connectivity index (χ1v) is 10.3. The van der Waals surface area contributed by atoms with E-state index in [2.05, 4.69) is 17.3 Å². The van der Waals surface area contributed by atoms with Crippen molar-refractivity contribution in [2.75, 3.05) is 47.3 Å². The van der Waals surface area contributed by atoms with Crippen molar-refractivity contribution in [3.8, 4) is 0 Å². The van der Waals surface area contributed by atoms with E-state index in [0.717, 1.165) is 50.9 Å². The first-order valence-electron chi connectivity index (χ1n) is 9.40. The van der Waals surface area contributed by atoms with Crippen molar-refractivity contribution in [2.45, 2.75) is 31.7 Å². The fourth-order valence-electron chi connectivity index (χ4n) is 4.37. The third-order valence-electron chi connectivity index (χ3n) is 6.02. The predicted octanol–water partition coefficient (Wildman–Crippen LogP) is 2.34. The molecule has 2 aliphatic heterocycles. The van der Waals surface area contributed by atoms with Crippen molar-refractivity contribution in [3.63, 3.8) is 0 Å². The average Bonchev–Trinajstić information content (AvgIpc) is 3.16. The van der Waals surface area contributed by atoms with E-state index in [9.17, 15) is 9.59 Å². The molecule has 1 N–H and O–H groups in total. The van der Waals surface area contributed by atoms with Gasteiger partial charge in [0.25, 0.3) is 5.91 Å². The Bertz CT molecular complexity index is 623. The maximum absolute atomic E-state index is 13.1. The van der Waals surface area contributed by atoms with Crippen molar-refractivity contribution >= 4 is 23.3 Å². The van der Waals surface area contributed by atoms with Crippen LogP contribution in [0.5, 0.6) is 0 Å². The third kappa shape index (κ3) is 3.88. The Hall–Kier alpha value is -1.60. The number of hydrogen-bond donors (Lipinski definition) is 1. The first-order chi connectivity index (χ1) is 12.4. The Labute approximate surface area is 160 Å². The van der Waals surface area contributed by atoms with E-state index in [1.165, 1.54) is 0 Å². The minimum absolute atomic E-state index is 0.0567. The van der Waals surface area contributed by atoms with Crippen LogP contribution in [0.1, 0.15) is 36.0 Å². The summed E-state index contributed by atoms with van der Waals surface area (Å²) in [5, 5.41) is 6.92. The maximum Gasteiger partial charge on any atom is 0.316 e. The van der Waals surface area contributed by atoms with E-state index in [1.54, 1.807) is 30.3 Å². The largest absolute Gasteiger partial charge is 0.336 e. The van der Waals surface area contributed by atoms with E-state index in [-0.39, 0.29) is 23.4 Å². The van der Waals surface area contributed by atoms with Crippen LogP contribution in [-0.2, 0) is 0 Å². The number of thiophene rings is 1.